The minimum atomic E-state index is -0.959. The van der Waals surface area contributed by atoms with E-state index in [2.05, 4.69) is 0 Å². The molecule has 3 aliphatic heterocycles. The Morgan fingerprint density at radius 2 is 1.62 bits per heavy atom. The molecule has 1 aromatic heterocycles. The molecule has 13 heteroatoms. The Bertz CT molecular complexity index is 2240. The Kier molecular flexibility index (Phi) is 9.99. The van der Waals surface area contributed by atoms with E-state index in [1.54, 1.807) is 33.8 Å². The number of fused-ring (bicyclic) bond motifs is 4. The molecular formula is C43H52N2O11. The molecule has 0 radical (unpaired) electrons. The SMILES string of the molecule is CC=C[C@@H]1O[C@@]1(C)c1cc(=O)c2c(C)cc3c(c2o1)C(=O)c1c(O)c([C@H]2C[C@](C)(N(C)C)[C@H](OC(C)=O)[C@@H](C)O2)cc([C@H]2C[C@H](N(C)C)[C@H](O)[C@@H](C)O2)c1C3=O. The molecule has 0 bridgehead atoms. The fraction of sp³-hybridized carbons (Fsp3) is 0.535. The van der Waals surface area contributed by atoms with Gasteiger partial charge in [-0.3, -0.25) is 19.2 Å². The van der Waals surface area contributed by atoms with Gasteiger partial charge in [0.25, 0.3) is 0 Å². The third-order valence-electron chi connectivity index (χ3n) is 12.6. The first-order chi connectivity index (χ1) is 26.2. The number of carbonyl (C=O) groups excluding carboxylic acids is 3. The van der Waals surface area contributed by atoms with Crippen molar-refractivity contribution in [1.29, 1.82) is 0 Å². The maximum absolute atomic E-state index is 15.2. The van der Waals surface area contributed by atoms with Gasteiger partial charge in [-0.05, 0) is 106 Å². The molecule has 13 nitrogen and oxygen atoms in total. The van der Waals surface area contributed by atoms with Gasteiger partial charge in [-0.25, -0.2) is 0 Å². The number of aliphatic hydroxyl groups excluding tert-OH is 1. The minimum absolute atomic E-state index is 0.0187. The number of likely N-dealkylation sites (N-methyl/N-ethyl adjacent to an activating group) is 2. The van der Waals surface area contributed by atoms with E-state index in [1.807, 2.05) is 64.0 Å². The lowest BCUT2D eigenvalue weighted by Crippen LogP contribution is -2.61. The first-order valence-electron chi connectivity index (χ1n) is 19.2. The van der Waals surface area contributed by atoms with Gasteiger partial charge in [0.1, 0.15) is 29.3 Å². The number of nitrogens with zero attached hydrogens (tertiary/aromatic N) is 2. The number of aliphatic hydroxyl groups is 1. The summed E-state index contributed by atoms with van der Waals surface area (Å²) in [6.45, 7) is 12.2. The number of phenols is 1. The largest absolute Gasteiger partial charge is 0.507 e. The maximum atomic E-state index is 15.2. The molecule has 10 atom stereocenters. The van der Waals surface area contributed by atoms with Crippen molar-refractivity contribution in [2.75, 3.05) is 28.2 Å². The van der Waals surface area contributed by atoms with Gasteiger partial charge in [0, 0.05) is 35.7 Å². The van der Waals surface area contributed by atoms with Gasteiger partial charge < -0.3 is 43.4 Å². The Morgan fingerprint density at radius 3 is 2.25 bits per heavy atom. The molecule has 3 fully saturated rings. The van der Waals surface area contributed by atoms with Gasteiger partial charge >= 0.3 is 5.97 Å². The number of ether oxygens (including phenoxy) is 4. The van der Waals surface area contributed by atoms with Crippen LogP contribution in [0.1, 0.15) is 121 Å². The van der Waals surface area contributed by atoms with Crippen LogP contribution >= 0.6 is 0 Å². The lowest BCUT2D eigenvalue weighted by atomic mass is 9.74. The van der Waals surface area contributed by atoms with Crippen LogP contribution in [0.25, 0.3) is 11.0 Å². The highest BCUT2D eigenvalue weighted by atomic mass is 16.6. The van der Waals surface area contributed by atoms with E-state index < -0.39 is 76.5 Å². The Morgan fingerprint density at radius 1 is 0.946 bits per heavy atom. The molecule has 0 unspecified atom stereocenters. The second-order valence-electron chi connectivity index (χ2n) is 16.7. The zero-order chi connectivity index (χ0) is 40.9. The summed E-state index contributed by atoms with van der Waals surface area (Å²) in [5.41, 5.74) is -1.48. The van der Waals surface area contributed by atoms with E-state index in [4.69, 9.17) is 23.4 Å². The van der Waals surface area contributed by atoms with Crippen LogP contribution in [0.15, 0.2) is 39.6 Å². The quantitative estimate of drug-likeness (QED) is 0.146. The highest BCUT2D eigenvalue weighted by Crippen LogP contribution is 2.51. The van der Waals surface area contributed by atoms with Crippen LogP contribution in [0.4, 0.5) is 0 Å². The summed E-state index contributed by atoms with van der Waals surface area (Å²) < 4.78 is 31.1. The fourth-order valence-corrected chi connectivity index (χ4v) is 9.12. The molecule has 0 spiro atoms. The predicted molar refractivity (Wildman–Crippen MR) is 206 cm³/mol. The van der Waals surface area contributed by atoms with Crippen LogP contribution in [0.2, 0.25) is 0 Å². The van der Waals surface area contributed by atoms with Crippen molar-refractivity contribution >= 4 is 28.5 Å². The van der Waals surface area contributed by atoms with E-state index in [0.717, 1.165) is 0 Å². The van der Waals surface area contributed by atoms with Crippen molar-refractivity contribution < 1.29 is 48.0 Å². The highest BCUT2D eigenvalue weighted by Gasteiger charge is 2.55. The minimum Gasteiger partial charge on any atom is -0.507 e. The number of epoxide rings is 1. The summed E-state index contributed by atoms with van der Waals surface area (Å²) in [6, 6.07) is 4.22. The average Bonchev–Trinajstić information content (AvgIpc) is 3.78. The maximum Gasteiger partial charge on any atom is 0.303 e. The van der Waals surface area contributed by atoms with Crippen molar-refractivity contribution in [3.05, 3.63) is 85.3 Å². The van der Waals surface area contributed by atoms with E-state index in [0.29, 0.717) is 11.1 Å². The normalized spacial score (nSPS) is 33.0. The van der Waals surface area contributed by atoms with Crippen molar-refractivity contribution in [2.24, 2.45) is 0 Å². The van der Waals surface area contributed by atoms with E-state index in [9.17, 15) is 19.8 Å². The van der Waals surface area contributed by atoms with Crippen LogP contribution in [-0.4, -0.2) is 108 Å². The first kappa shape index (κ1) is 40.0. The third-order valence-corrected chi connectivity index (χ3v) is 12.6. The van der Waals surface area contributed by atoms with Gasteiger partial charge in [0.2, 0.25) is 5.78 Å². The fourth-order valence-electron chi connectivity index (χ4n) is 9.12. The number of hydrogen-bond donors (Lipinski definition) is 2. The number of benzene rings is 2. The standard InChI is InChI=1S/C43H52N2O11/c1-12-13-30-43(7,56-30)31-17-27(47)32-19(2)14-25-34(40(32)55-31)39(51)35-33(38(25)50)23(28-16-26(44(8)9)36(48)20(3)52-28)15-24(37(35)49)29-18-42(6,45(10)11)41(21(4)53-29)54-22(5)46/h12-15,17,20-21,26,28-30,36,41,48-49H,16,18H2,1-11H3/t20-,21-,26+,28-,29-,30+,36-,41-,42+,43-/m1/s1. The number of allylic oxidation sites excluding steroid dienone is 1. The topological polar surface area (TPSA) is 169 Å². The second-order valence-corrected chi connectivity index (χ2v) is 16.7. The van der Waals surface area contributed by atoms with E-state index in [1.165, 1.54) is 19.1 Å². The lowest BCUT2D eigenvalue weighted by Gasteiger charge is -2.50. The summed E-state index contributed by atoms with van der Waals surface area (Å²) in [5.74, 6) is -1.93. The van der Waals surface area contributed by atoms with Gasteiger partial charge in [-0.15, -0.1) is 0 Å². The zero-order valence-corrected chi connectivity index (χ0v) is 33.9. The van der Waals surface area contributed by atoms with Crippen LogP contribution < -0.4 is 5.43 Å². The predicted octanol–water partition coefficient (Wildman–Crippen LogP) is 5.02. The summed E-state index contributed by atoms with van der Waals surface area (Å²) in [5, 5.41) is 23.6. The van der Waals surface area contributed by atoms with Gasteiger partial charge in [-0.2, -0.15) is 0 Å². The van der Waals surface area contributed by atoms with Crippen molar-refractivity contribution in [2.45, 2.75) is 121 Å². The molecule has 3 saturated heterocycles. The summed E-state index contributed by atoms with van der Waals surface area (Å²) in [6.07, 6.45) is -0.535. The molecule has 4 aliphatic rings. The number of carbonyl (C=O) groups is 3. The molecule has 4 heterocycles. The number of rotatable bonds is 7. The smallest absolute Gasteiger partial charge is 0.303 e. The number of phenolic OH excluding ortho intramolecular Hbond substituents is 1. The molecular weight excluding hydrogens is 720 g/mol. The lowest BCUT2D eigenvalue weighted by molar-refractivity contribution is -0.201. The molecule has 56 heavy (non-hydrogen) atoms. The Labute approximate surface area is 326 Å². The molecule has 0 saturated carbocycles. The van der Waals surface area contributed by atoms with Crippen LogP contribution in [0, 0.1) is 6.92 Å². The number of aryl methyl sites for hydroxylation is 1. The van der Waals surface area contributed by atoms with Gasteiger partial charge in [0.05, 0.1) is 52.6 Å². The number of esters is 1. The number of aromatic hydroxyl groups is 1. The van der Waals surface area contributed by atoms with Crippen molar-refractivity contribution in [1.82, 2.24) is 9.80 Å². The zero-order valence-electron chi connectivity index (χ0n) is 33.9. The molecule has 0 amide bonds. The summed E-state index contributed by atoms with van der Waals surface area (Å²) in [7, 11) is 7.45. The summed E-state index contributed by atoms with van der Waals surface area (Å²) in [4.78, 5) is 60.0. The molecule has 7 rings (SSSR count). The highest BCUT2D eigenvalue weighted by molar-refractivity contribution is 6.33. The second kappa shape index (κ2) is 14.0. The van der Waals surface area contributed by atoms with Gasteiger partial charge in [0.15, 0.2) is 16.8 Å². The summed E-state index contributed by atoms with van der Waals surface area (Å²) >= 11 is 0. The molecule has 2 N–H and O–H groups in total. The monoisotopic (exact) mass is 772 g/mol. The first-order valence-corrected chi connectivity index (χ1v) is 19.2. The number of hydrogen-bond acceptors (Lipinski definition) is 13. The van der Waals surface area contributed by atoms with Crippen molar-refractivity contribution in [3.8, 4) is 5.75 Å². The number of ketones is 2. The Balaban J connectivity index is 1.47. The van der Waals surface area contributed by atoms with Crippen LogP contribution in [0.5, 0.6) is 5.75 Å². The molecule has 3 aromatic rings. The van der Waals surface area contributed by atoms with E-state index >= 15 is 9.59 Å². The van der Waals surface area contributed by atoms with Crippen molar-refractivity contribution in [3.63, 3.8) is 0 Å². The van der Waals surface area contributed by atoms with E-state index in [-0.39, 0.29) is 69.5 Å². The Hall–Kier alpha value is -4.24. The molecule has 2 aromatic carbocycles. The van der Waals surface area contributed by atoms with Gasteiger partial charge in [-0.1, -0.05) is 12.2 Å². The molecule has 300 valence electrons. The van der Waals surface area contributed by atoms with Crippen LogP contribution in [-0.2, 0) is 29.3 Å². The molecule has 1 aliphatic carbocycles. The average molecular weight is 773 g/mol. The van der Waals surface area contributed by atoms with Crippen LogP contribution in [0.3, 0.4) is 0 Å². The third kappa shape index (κ3) is 6.14.